The highest BCUT2D eigenvalue weighted by atomic mass is 35.5. The molecule has 0 aromatic heterocycles. The van der Waals surface area contributed by atoms with Crippen LogP contribution >= 0.6 is 11.6 Å². The third kappa shape index (κ3) is 4.97. The minimum Gasteiger partial charge on any atom is -0.493 e. The highest BCUT2D eigenvalue weighted by molar-refractivity contribution is 6.30. The zero-order valence-corrected chi connectivity index (χ0v) is 13.0. The normalized spacial score (nSPS) is 10.1. The van der Waals surface area contributed by atoms with Gasteiger partial charge in [0.1, 0.15) is 6.61 Å². The SMILES string of the molecule is COc1ccccc1OCCC(=O)OCc1ccc(Cl)cc1. The molecule has 0 spiro atoms. The lowest BCUT2D eigenvalue weighted by atomic mass is 10.2. The lowest BCUT2D eigenvalue weighted by molar-refractivity contribution is -0.145. The zero-order chi connectivity index (χ0) is 15.8. The first kappa shape index (κ1) is 16.2. The lowest BCUT2D eigenvalue weighted by Gasteiger charge is -2.10. The third-order valence-electron chi connectivity index (χ3n) is 2.95. The van der Waals surface area contributed by atoms with Gasteiger partial charge in [-0.15, -0.1) is 0 Å². The van der Waals surface area contributed by atoms with Gasteiger partial charge in [-0.25, -0.2) is 0 Å². The smallest absolute Gasteiger partial charge is 0.309 e. The van der Waals surface area contributed by atoms with Crippen molar-refractivity contribution in [3.8, 4) is 11.5 Å². The van der Waals surface area contributed by atoms with E-state index in [-0.39, 0.29) is 25.6 Å². The molecule has 0 fully saturated rings. The molecule has 0 radical (unpaired) electrons. The van der Waals surface area contributed by atoms with Gasteiger partial charge in [0.05, 0.1) is 20.1 Å². The van der Waals surface area contributed by atoms with E-state index in [9.17, 15) is 4.79 Å². The molecule has 0 saturated carbocycles. The van der Waals surface area contributed by atoms with E-state index in [1.54, 1.807) is 31.4 Å². The maximum absolute atomic E-state index is 11.7. The van der Waals surface area contributed by atoms with Crippen molar-refractivity contribution in [2.45, 2.75) is 13.0 Å². The van der Waals surface area contributed by atoms with Crippen molar-refractivity contribution in [2.24, 2.45) is 0 Å². The van der Waals surface area contributed by atoms with E-state index in [2.05, 4.69) is 0 Å². The van der Waals surface area contributed by atoms with Gasteiger partial charge in [0.2, 0.25) is 0 Å². The number of carbonyl (C=O) groups is 1. The van der Waals surface area contributed by atoms with E-state index < -0.39 is 0 Å². The highest BCUT2D eigenvalue weighted by Crippen LogP contribution is 2.25. The van der Waals surface area contributed by atoms with E-state index in [1.807, 2.05) is 24.3 Å². The molecular formula is C17H17ClO4. The van der Waals surface area contributed by atoms with Crippen molar-refractivity contribution in [1.29, 1.82) is 0 Å². The number of ether oxygens (including phenoxy) is 3. The van der Waals surface area contributed by atoms with Crippen LogP contribution in [0.15, 0.2) is 48.5 Å². The molecular weight excluding hydrogens is 304 g/mol. The number of para-hydroxylation sites is 2. The molecule has 0 aliphatic heterocycles. The topological polar surface area (TPSA) is 44.8 Å². The van der Waals surface area contributed by atoms with E-state index in [4.69, 9.17) is 25.8 Å². The van der Waals surface area contributed by atoms with Crippen molar-refractivity contribution in [2.75, 3.05) is 13.7 Å². The van der Waals surface area contributed by atoms with Gasteiger partial charge >= 0.3 is 5.97 Å². The Labute approximate surface area is 134 Å². The Balaban J connectivity index is 1.72. The molecule has 0 amide bonds. The number of esters is 1. The molecule has 4 nitrogen and oxygen atoms in total. The first-order valence-electron chi connectivity index (χ1n) is 6.85. The maximum Gasteiger partial charge on any atom is 0.309 e. The molecule has 0 N–H and O–H groups in total. The number of hydrogen-bond donors (Lipinski definition) is 0. The second-order valence-electron chi connectivity index (χ2n) is 4.54. The Morgan fingerprint density at radius 2 is 1.73 bits per heavy atom. The summed E-state index contributed by atoms with van der Waals surface area (Å²) >= 11 is 5.79. The maximum atomic E-state index is 11.7. The predicted octanol–water partition coefficient (Wildman–Crippen LogP) is 3.86. The van der Waals surface area contributed by atoms with Crippen LogP contribution in [0.2, 0.25) is 5.02 Å². The Morgan fingerprint density at radius 1 is 1.05 bits per heavy atom. The van der Waals surface area contributed by atoms with Crippen molar-refractivity contribution in [3.05, 3.63) is 59.1 Å². The molecule has 0 unspecified atom stereocenters. The van der Waals surface area contributed by atoms with Crippen LogP contribution in [0.5, 0.6) is 11.5 Å². The average molecular weight is 321 g/mol. The van der Waals surface area contributed by atoms with Crippen molar-refractivity contribution < 1.29 is 19.0 Å². The van der Waals surface area contributed by atoms with Crippen LogP contribution in [0.4, 0.5) is 0 Å². The fraction of sp³-hybridized carbons (Fsp3) is 0.235. The number of methoxy groups -OCH3 is 1. The van der Waals surface area contributed by atoms with E-state index in [1.165, 1.54) is 0 Å². The minimum atomic E-state index is -0.315. The molecule has 22 heavy (non-hydrogen) atoms. The molecule has 0 saturated heterocycles. The molecule has 2 rings (SSSR count). The first-order chi connectivity index (χ1) is 10.7. The Kier molecular flexibility index (Phi) is 6.10. The van der Waals surface area contributed by atoms with Crippen LogP contribution in [-0.4, -0.2) is 19.7 Å². The largest absolute Gasteiger partial charge is 0.493 e. The predicted molar refractivity (Wildman–Crippen MR) is 84.4 cm³/mol. The monoisotopic (exact) mass is 320 g/mol. The minimum absolute atomic E-state index is 0.172. The van der Waals surface area contributed by atoms with Gasteiger partial charge in [0.25, 0.3) is 0 Å². The highest BCUT2D eigenvalue weighted by Gasteiger charge is 2.06. The summed E-state index contributed by atoms with van der Waals surface area (Å²) in [6.45, 7) is 0.463. The number of rotatable bonds is 7. The molecule has 0 atom stereocenters. The van der Waals surface area contributed by atoms with Crippen molar-refractivity contribution in [3.63, 3.8) is 0 Å². The van der Waals surface area contributed by atoms with Crippen LogP contribution in [-0.2, 0) is 16.1 Å². The summed E-state index contributed by atoms with van der Waals surface area (Å²) in [6, 6.07) is 14.4. The Morgan fingerprint density at radius 3 is 2.41 bits per heavy atom. The Bertz CT molecular complexity index is 610. The molecule has 0 aliphatic rings. The zero-order valence-electron chi connectivity index (χ0n) is 12.3. The fourth-order valence-electron chi connectivity index (χ4n) is 1.80. The van der Waals surface area contributed by atoms with Gasteiger partial charge in [-0.3, -0.25) is 4.79 Å². The molecule has 2 aromatic carbocycles. The van der Waals surface area contributed by atoms with Gasteiger partial charge < -0.3 is 14.2 Å². The molecule has 5 heteroatoms. The molecule has 0 bridgehead atoms. The summed E-state index contributed by atoms with van der Waals surface area (Å²) in [5.74, 6) is 0.928. The number of benzene rings is 2. The standard InChI is InChI=1S/C17H17ClO4/c1-20-15-4-2-3-5-16(15)21-11-10-17(19)22-12-13-6-8-14(18)9-7-13/h2-9H,10-12H2,1H3. The number of carbonyl (C=O) groups excluding carboxylic acids is 1. The van der Waals surface area contributed by atoms with Crippen molar-refractivity contribution >= 4 is 17.6 Å². The number of halogens is 1. The first-order valence-corrected chi connectivity index (χ1v) is 7.22. The molecule has 0 heterocycles. The van der Waals surface area contributed by atoms with E-state index >= 15 is 0 Å². The molecule has 116 valence electrons. The second-order valence-corrected chi connectivity index (χ2v) is 4.97. The summed E-state index contributed by atoms with van der Waals surface area (Å²) in [7, 11) is 1.57. The third-order valence-corrected chi connectivity index (χ3v) is 3.20. The number of hydrogen-bond acceptors (Lipinski definition) is 4. The van der Waals surface area contributed by atoms with Gasteiger partial charge in [-0.2, -0.15) is 0 Å². The van der Waals surface area contributed by atoms with Crippen LogP contribution in [0, 0.1) is 0 Å². The summed E-state index contributed by atoms with van der Waals surface area (Å²) in [5, 5.41) is 0.653. The van der Waals surface area contributed by atoms with Crippen LogP contribution in [0.25, 0.3) is 0 Å². The van der Waals surface area contributed by atoms with Gasteiger partial charge in [-0.05, 0) is 29.8 Å². The lowest BCUT2D eigenvalue weighted by Crippen LogP contribution is -2.10. The molecule has 2 aromatic rings. The Hall–Kier alpha value is -2.20. The van der Waals surface area contributed by atoms with Gasteiger partial charge in [0, 0.05) is 5.02 Å². The van der Waals surface area contributed by atoms with Crippen LogP contribution < -0.4 is 9.47 Å². The fourth-order valence-corrected chi connectivity index (χ4v) is 1.92. The summed E-state index contributed by atoms with van der Waals surface area (Å²) in [4.78, 5) is 11.7. The van der Waals surface area contributed by atoms with E-state index in [0.717, 1.165) is 5.56 Å². The van der Waals surface area contributed by atoms with Gasteiger partial charge in [-0.1, -0.05) is 35.9 Å². The van der Waals surface area contributed by atoms with E-state index in [0.29, 0.717) is 16.5 Å². The van der Waals surface area contributed by atoms with Gasteiger partial charge in [0.15, 0.2) is 11.5 Å². The van der Waals surface area contributed by atoms with Crippen LogP contribution in [0.3, 0.4) is 0 Å². The average Bonchev–Trinajstić information content (AvgIpc) is 2.55. The quantitative estimate of drug-likeness (QED) is 0.727. The second kappa shape index (κ2) is 8.29. The van der Waals surface area contributed by atoms with Crippen LogP contribution in [0.1, 0.15) is 12.0 Å². The summed E-state index contributed by atoms with van der Waals surface area (Å²) in [5.41, 5.74) is 0.892. The molecule has 0 aliphatic carbocycles. The summed E-state index contributed by atoms with van der Waals surface area (Å²) in [6.07, 6.45) is 0.172. The van der Waals surface area contributed by atoms with Crippen molar-refractivity contribution in [1.82, 2.24) is 0 Å². The summed E-state index contributed by atoms with van der Waals surface area (Å²) < 4.78 is 15.9.